The molecule has 0 radical (unpaired) electrons. The van der Waals surface area contributed by atoms with E-state index in [-0.39, 0.29) is 72.0 Å². The third-order valence-electron chi connectivity index (χ3n) is 6.25. The fourth-order valence-electron chi connectivity index (χ4n) is 4.68. The van der Waals surface area contributed by atoms with Crippen LogP contribution < -0.4 is 0 Å². The Bertz CT molecular complexity index is 1210. The van der Waals surface area contributed by atoms with Crippen LogP contribution in [0.2, 0.25) is 0 Å². The van der Waals surface area contributed by atoms with Crippen molar-refractivity contribution in [1.82, 2.24) is 14.7 Å². The maximum Gasteiger partial charge on any atom is 0.320 e. The summed E-state index contributed by atoms with van der Waals surface area (Å²) in [6.07, 6.45) is 0.163. The van der Waals surface area contributed by atoms with E-state index < -0.39 is 72.9 Å². The van der Waals surface area contributed by atoms with Crippen LogP contribution in [0.4, 0.5) is 0 Å². The molecule has 16 nitrogen and oxygen atoms in total. The third-order valence-corrected chi connectivity index (χ3v) is 6.86. The van der Waals surface area contributed by atoms with Gasteiger partial charge in [-0.05, 0) is 104 Å². The fourth-order valence-corrected chi connectivity index (χ4v) is 5.21. The lowest BCUT2D eigenvalue weighted by Crippen LogP contribution is -2.53. The summed E-state index contributed by atoms with van der Waals surface area (Å²) in [4.78, 5) is 70.5. The quantitative estimate of drug-likeness (QED) is 0.0648. The highest BCUT2D eigenvalue weighted by atomic mass is 31.1. The van der Waals surface area contributed by atoms with Crippen molar-refractivity contribution in [3.63, 3.8) is 0 Å². The van der Waals surface area contributed by atoms with E-state index in [0.717, 1.165) is 0 Å². The van der Waals surface area contributed by atoms with E-state index in [9.17, 15) is 24.0 Å². The summed E-state index contributed by atoms with van der Waals surface area (Å²) in [7, 11) is -0.464. The summed E-state index contributed by atoms with van der Waals surface area (Å²) < 4.78 is 39.3. The van der Waals surface area contributed by atoms with Gasteiger partial charge in [0.15, 0.2) is 9.03 Å². The molecule has 0 aliphatic carbocycles. The molecule has 1 unspecified atom stereocenters. The first-order chi connectivity index (χ1) is 24.9. The normalized spacial score (nSPS) is 13.5. The summed E-state index contributed by atoms with van der Waals surface area (Å²) in [6, 6.07) is 1.26. The lowest BCUT2D eigenvalue weighted by molar-refractivity contribution is -0.163. The lowest BCUT2D eigenvalue weighted by atomic mass is 10.2. The molecule has 0 fully saturated rings. The van der Waals surface area contributed by atoms with Crippen molar-refractivity contribution >= 4 is 38.9 Å². The molecule has 0 aromatic heterocycles. The number of carbonyl (C=O) groups is 5. The molecule has 318 valence electrons. The van der Waals surface area contributed by atoms with E-state index >= 15 is 0 Å². The maximum atomic E-state index is 13.3. The molecule has 55 heavy (non-hydrogen) atoms. The van der Waals surface area contributed by atoms with E-state index in [4.69, 9.17) is 38.0 Å². The average molecular weight is 805 g/mol. The molecule has 0 rings (SSSR count). The average Bonchev–Trinajstić information content (AvgIpc) is 2.91. The van der Waals surface area contributed by atoms with Gasteiger partial charge in [-0.2, -0.15) is 5.26 Å². The Kier molecular flexibility index (Phi) is 22.1. The number of hydrogen-bond donors (Lipinski definition) is 0. The molecule has 0 saturated heterocycles. The van der Waals surface area contributed by atoms with Crippen LogP contribution in [0.25, 0.3) is 0 Å². The predicted octanol–water partition coefficient (Wildman–Crippen LogP) is 4.42. The van der Waals surface area contributed by atoms with E-state index in [1.807, 2.05) is 6.07 Å². The first-order valence-corrected chi connectivity index (χ1v) is 19.3. The Morgan fingerprint density at radius 2 is 0.855 bits per heavy atom. The van der Waals surface area contributed by atoms with Crippen molar-refractivity contribution in [3.8, 4) is 6.07 Å². The number of hydrogen-bond acceptors (Lipinski definition) is 16. The largest absolute Gasteiger partial charge is 0.459 e. The van der Waals surface area contributed by atoms with Gasteiger partial charge in [0.25, 0.3) is 0 Å². The van der Waals surface area contributed by atoms with Crippen LogP contribution in [-0.2, 0) is 56.7 Å². The maximum absolute atomic E-state index is 13.3. The van der Waals surface area contributed by atoms with Crippen LogP contribution in [-0.4, -0.2) is 144 Å². The van der Waals surface area contributed by atoms with Crippen molar-refractivity contribution in [3.05, 3.63) is 0 Å². The van der Waals surface area contributed by atoms with Gasteiger partial charge in [-0.25, -0.2) is 0 Å². The van der Waals surface area contributed by atoms with Gasteiger partial charge in [-0.3, -0.25) is 38.7 Å². The second-order valence-corrected chi connectivity index (χ2v) is 18.8. The van der Waals surface area contributed by atoms with E-state index in [1.165, 1.54) is 0 Å². The van der Waals surface area contributed by atoms with Crippen molar-refractivity contribution < 1.29 is 56.7 Å². The van der Waals surface area contributed by atoms with Crippen LogP contribution in [0.1, 0.15) is 110 Å². The molecule has 0 spiro atoms. The van der Waals surface area contributed by atoms with E-state index in [2.05, 4.69) is 0 Å². The third kappa shape index (κ3) is 30.9. The number of nitriles is 1. The Morgan fingerprint density at radius 1 is 0.527 bits per heavy atom. The van der Waals surface area contributed by atoms with Crippen LogP contribution in [0.15, 0.2) is 0 Å². The van der Waals surface area contributed by atoms with Crippen molar-refractivity contribution in [2.24, 2.45) is 0 Å². The standard InChI is InChI=1S/C38H69N4O12P/c1-34(2,3)50-29(43)22-40(18-19-41(23-30(44)51-35(4,5)6)24-31(45)52-36(7,8)9)21-28(27-49-55-48-20-16-17-39)42(25-32(46)53-37(10,11)12)26-33(47)54-38(13,14)15/h28,55H,16,18-27H2,1-15H3/t28-/m1/s1. The molecule has 0 aliphatic heterocycles. The molecule has 2 atom stereocenters. The fraction of sp³-hybridized carbons (Fsp3) is 0.842. The van der Waals surface area contributed by atoms with Crippen molar-refractivity contribution in [2.45, 2.75) is 144 Å². The molecule has 0 aromatic rings. The van der Waals surface area contributed by atoms with Gasteiger partial charge in [-0.1, -0.05) is 0 Å². The molecule has 0 saturated carbocycles. The number of ether oxygens (including phenoxy) is 5. The summed E-state index contributed by atoms with van der Waals surface area (Å²) in [6.45, 7) is 25.0. The number of nitrogens with zero attached hydrogens (tertiary/aromatic N) is 4. The number of esters is 5. The minimum absolute atomic E-state index is 0.0419. The van der Waals surface area contributed by atoms with Crippen molar-refractivity contribution in [2.75, 3.05) is 65.6 Å². The Morgan fingerprint density at radius 3 is 1.20 bits per heavy atom. The first-order valence-electron chi connectivity index (χ1n) is 18.5. The van der Waals surface area contributed by atoms with Crippen LogP contribution >= 0.6 is 9.03 Å². The highest BCUT2D eigenvalue weighted by molar-refractivity contribution is 7.26. The zero-order chi connectivity index (χ0) is 42.8. The van der Waals surface area contributed by atoms with E-state index in [1.54, 1.807) is 119 Å². The number of rotatable bonds is 22. The van der Waals surface area contributed by atoms with Gasteiger partial charge >= 0.3 is 29.8 Å². The molecule has 0 aliphatic rings. The highest BCUT2D eigenvalue weighted by Crippen LogP contribution is 2.19. The van der Waals surface area contributed by atoms with Gasteiger partial charge < -0.3 is 32.7 Å². The highest BCUT2D eigenvalue weighted by Gasteiger charge is 2.32. The SMILES string of the molecule is CC(C)(C)OC(=O)CN(CCN(CC(=O)OC(C)(C)C)C[C@H](COPOCCC#N)N(CC(=O)OC(C)(C)C)CC(=O)OC(C)(C)C)CC(=O)OC(C)(C)C. The van der Waals surface area contributed by atoms with Crippen LogP contribution in [0, 0.1) is 11.3 Å². The summed E-state index contributed by atoms with van der Waals surface area (Å²) in [5.41, 5.74) is -3.97. The molecular formula is C38H69N4O12P. The summed E-state index contributed by atoms with van der Waals surface area (Å²) in [5.74, 6) is -2.87. The van der Waals surface area contributed by atoms with Crippen LogP contribution in [0.5, 0.6) is 0 Å². The first kappa shape index (κ1) is 52.1. The smallest absolute Gasteiger partial charge is 0.320 e. The second-order valence-electron chi connectivity index (χ2n) is 18.1. The monoisotopic (exact) mass is 804 g/mol. The molecule has 0 bridgehead atoms. The van der Waals surface area contributed by atoms with Gasteiger partial charge in [0, 0.05) is 25.7 Å². The summed E-state index contributed by atoms with van der Waals surface area (Å²) >= 11 is 0. The molecule has 0 amide bonds. The minimum Gasteiger partial charge on any atom is -0.459 e. The minimum atomic E-state index is -0.814. The molecule has 0 heterocycles. The van der Waals surface area contributed by atoms with Crippen LogP contribution in [0.3, 0.4) is 0 Å². The van der Waals surface area contributed by atoms with Gasteiger partial charge in [0.1, 0.15) is 28.0 Å². The number of carbonyl (C=O) groups excluding carboxylic acids is 5. The Balaban J connectivity index is 6.85. The predicted molar refractivity (Wildman–Crippen MR) is 208 cm³/mol. The molecular weight excluding hydrogens is 735 g/mol. The molecule has 0 aromatic carbocycles. The Labute approximate surface area is 331 Å². The second kappa shape index (κ2) is 23.3. The van der Waals surface area contributed by atoms with Crippen molar-refractivity contribution in [1.29, 1.82) is 5.26 Å². The Hall–Kier alpha value is -2.93. The topological polar surface area (TPSA) is 183 Å². The molecule has 0 N–H and O–H groups in total. The van der Waals surface area contributed by atoms with Gasteiger partial charge in [0.2, 0.25) is 0 Å². The zero-order valence-electron chi connectivity index (χ0n) is 36.0. The van der Waals surface area contributed by atoms with Gasteiger partial charge in [-0.15, -0.1) is 0 Å². The van der Waals surface area contributed by atoms with E-state index in [0.29, 0.717) is 0 Å². The summed E-state index contributed by atoms with van der Waals surface area (Å²) in [5, 5.41) is 8.88. The molecule has 17 heteroatoms. The zero-order valence-corrected chi connectivity index (χ0v) is 37.0. The lowest BCUT2D eigenvalue weighted by Gasteiger charge is -2.36. The van der Waals surface area contributed by atoms with Gasteiger partial charge in [0.05, 0.1) is 58.4 Å².